The van der Waals surface area contributed by atoms with Crippen LogP contribution in [0.5, 0.6) is 5.75 Å². The Balaban J connectivity index is 1.41. The van der Waals surface area contributed by atoms with Crippen molar-refractivity contribution in [2.75, 3.05) is 19.7 Å². The van der Waals surface area contributed by atoms with Gasteiger partial charge in [0, 0.05) is 19.1 Å². The second kappa shape index (κ2) is 9.66. The molecule has 2 heterocycles. The summed E-state index contributed by atoms with van der Waals surface area (Å²) in [6, 6.07) is 8.57. The van der Waals surface area contributed by atoms with Gasteiger partial charge in [0.1, 0.15) is 0 Å². The number of aliphatic carboxylic acids is 1. The molecule has 1 saturated heterocycles. The van der Waals surface area contributed by atoms with Gasteiger partial charge < -0.3 is 20.1 Å². The average Bonchev–Trinajstić information content (AvgIpc) is 2.80. The van der Waals surface area contributed by atoms with Crippen molar-refractivity contribution < 1.29 is 32.6 Å². The zero-order valence-electron chi connectivity index (χ0n) is 17.7. The summed E-state index contributed by atoms with van der Waals surface area (Å²) in [5.41, 5.74) is 2.79. The number of nitrogens with one attached hydrogen (secondary N) is 1. The third kappa shape index (κ3) is 4.88. The summed E-state index contributed by atoms with van der Waals surface area (Å²) in [4.78, 5) is 24.7. The SMILES string of the molecule is O=CN1C[C@H]2CC(c3ccc(CCCOc4c(F)ccc(F)c4F)cc3)=C(C(=O)O)[C@@H](C1)N2. The Morgan fingerprint density at radius 3 is 2.55 bits per heavy atom. The van der Waals surface area contributed by atoms with Gasteiger partial charge in [-0.25, -0.2) is 13.6 Å². The van der Waals surface area contributed by atoms with Gasteiger partial charge in [0.2, 0.25) is 12.2 Å². The van der Waals surface area contributed by atoms with Crippen LogP contribution in [0, 0.1) is 17.5 Å². The van der Waals surface area contributed by atoms with E-state index in [0.29, 0.717) is 38.4 Å². The fourth-order valence-electron chi connectivity index (χ4n) is 4.45. The average molecular weight is 460 g/mol. The summed E-state index contributed by atoms with van der Waals surface area (Å²) in [6.07, 6.45) is 2.26. The molecule has 2 atom stereocenters. The van der Waals surface area contributed by atoms with E-state index in [1.54, 1.807) is 4.90 Å². The molecule has 0 aromatic heterocycles. The first kappa shape index (κ1) is 22.8. The van der Waals surface area contributed by atoms with Crippen molar-refractivity contribution in [2.45, 2.75) is 31.3 Å². The molecule has 6 nitrogen and oxygen atoms in total. The van der Waals surface area contributed by atoms with Crippen LogP contribution in [0.2, 0.25) is 0 Å². The van der Waals surface area contributed by atoms with Crippen molar-refractivity contribution in [1.29, 1.82) is 0 Å². The van der Waals surface area contributed by atoms with Crippen LogP contribution in [0.25, 0.3) is 5.57 Å². The molecule has 2 N–H and O–H groups in total. The zero-order chi connectivity index (χ0) is 23.5. The number of fused-ring (bicyclic) bond motifs is 2. The first-order chi connectivity index (χ1) is 15.9. The Kier molecular flexibility index (Phi) is 6.69. The molecule has 2 bridgehead atoms. The number of hydrogen-bond acceptors (Lipinski definition) is 4. The van der Waals surface area contributed by atoms with Crippen molar-refractivity contribution in [3.05, 3.63) is 70.5 Å². The van der Waals surface area contributed by atoms with E-state index in [9.17, 15) is 27.9 Å². The summed E-state index contributed by atoms with van der Waals surface area (Å²) < 4.78 is 45.6. The van der Waals surface area contributed by atoms with Crippen LogP contribution in [-0.2, 0) is 16.0 Å². The maximum Gasteiger partial charge on any atom is 0.333 e. The molecule has 0 unspecified atom stereocenters. The third-order valence-electron chi connectivity index (χ3n) is 5.97. The lowest BCUT2D eigenvalue weighted by molar-refractivity contribution is -0.133. The third-order valence-corrected chi connectivity index (χ3v) is 5.97. The predicted octanol–water partition coefficient (Wildman–Crippen LogP) is 3.16. The smallest absolute Gasteiger partial charge is 0.333 e. The van der Waals surface area contributed by atoms with E-state index in [2.05, 4.69) is 5.32 Å². The van der Waals surface area contributed by atoms with E-state index < -0.39 is 35.2 Å². The predicted molar refractivity (Wildman–Crippen MR) is 114 cm³/mol. The van der Waals surface area contributed by atoms with E-state index in [4.69, 9.17) is 4.74 Å². The minimum atomic E-state index is -1.34. The van der Waals surface area contributed by atoms with Gasteiger partial charge in [-0.1, -0.05) is 24.3 Å². The number of aryl methyl sites for hydroxylation is 1. The summed E-state index contributed by atoms with van der Waals surface area (Å²) >= 11 is 0. The maximum atomic E-state index is 13.6. The molecule has 2 aliphatic rings. The highest BCUT2D eigenvalue weighted by molar-refractivity contribution is 5.98. The topological polar surface area (TPSA) is 78.9 Å². The Hall–Kier alpha value is -3.33. The molecule has 1 amide bonds. The number of halogens is 3. The number of carbonyl (C=O) groups excluding carboxylic acids is 1. The number of piperazine rings is 1. The summed E-state index contributed by atoms with van der Waals surface area (Å²) in [6.45, 7) is 0.853. The summed E-state index contributed by atoms with van der Waals surface area (Å²) in [5.74, 6) is -5.19. The largest absolute Gasteiger partial charge is 0.488 e. The molecule has 0 saturated carbocycles. The number of carboxylic acids is 1. The van der Waals surface area contributed by atoms with Gasteiger partial charge in [0.05, 0.1) is 18.2 Å². The molecule has 9 heteroatoms. The van der Waals surface area contributed by atoms with E-state index in [-0.39, 0.29) is 18.2 Å². The first-order valence-electron chi connectivity index (χ1n) is 10.6. The van der Waals surface area contributed by atoms with Crippen molar-refractivity contribution >= 4 is 18.0 Å². The highest BCUT2D eigenvalue weighted by atomic mass is 19.2. The van der Waals surface area contributed by atoms with Crippen LogP contribution < -0.4 is 10.1 Å². The molecule has 33 heavy (non-hydrogen) atoms. The Labute approximate surface area is 188 Å². The molecular weight excluding hydrogens is 437 g/mol. The Morgan fingerprint density at radius 1 is 1.12 bits per heavy atom. The van der Waals surface area contributed by atoms with Crippen molar-refractivity contribution in [3.8, 4) is 5.75 Å². The van der Waals surface area contributed by atoms with Gasteiger partial charge in [-0.15, -0.1) is 0 Å². The molecular formula is C24H23F3N2O4. The second-order valence-corrected chi connectivity index (χ2v) is 8.20. The van der Waals surface area contributed by atoms with Crippen LogP contribution in [0.15, 0.2) is 42.0 Å². The fraction of sp³-hybridized carbons (Fsp3) is 0.333. The van der Waals surface area contributed by atoms with Crippen molar-refractivity contribution in [3.63, 3.8) is 0 Å². The highest BCUT2D eigenvalue weighted by Crippen LogP contribution is 2.33. The standard InChI is InChI=1S/C24H23F3N2O4/c25-18-7-8-19(26)23(22(18)27)33-9-1-2-14-3-5-15(6-4-14)17-10-16-11-29(13-30)12-20(28-16)21(17)24(31)32/h3-8,13,16,20,28H,1-2,9-12H2,(H,31,32)/t16-,20-/m1/s1. The van der Waals surface area contributed by atoms with E-state index in [0.717, 1.165) is 29.2 Å². The van der Waals surface area contributed by atoms with E-state index in [1.807, 2.05) is 24.3 Å². The van der Waals surface area contributed by atoms with Crippen LogP contribution in [-0.4, -0.2) is 54.2 Å². The molecule has 2 aromatic rings. The molecule has 2 aromatic carbocycles. The molecule has 2 aliphatic heterocycles. The maximum absolute atomic E-state index is 13.6. The van der Waals surface area contributed by atoms with Gasteiger partial charge in [0.15, 0.2) is 17.4 Å². The molecule has 4 rings (SSSR count). The number of amides is 1. The van der Waals surface area contributed by atoms with Gasteiger partial charge in [0.25, 0.3) is 0 Å². The van der Waals surface area contributed by atoms with Crippen molar-refractivity contribution in [2.24, 2.45) is 0 Å². The lowest BCUT2D eigenvalue weighted by Gasteiger charge is -2.42. The minimum absolute atomic E-state index is 0.00695. The van der Waals surface area contributed by atoms with Crippen LogP contribution >= 0.6 is 0 Å². The van der Waals surface area contributed by atoms with E-state index >= 15 is 0 Å². The molecule has 0 radical (unpaired) electrons. The van der Waals surface area contributed by atoms with Gasteiger partial charge in [-0.2, -0.15) is 4.39 Å². The van der Waals surface area contributed by atoms with Gasteiger partial charge in [-0.3, -0.25) is 4.79 Å². The number of benzene rings is 2. The number of carboxylic acid groups (broad SMARTS) is 1. The summed E-state index contributed by atoms with van der Waals surface area (Å²) in [5, 5.41) is 13.1. The van der Waals surface area contributed by atoms with Crippen LogP contribution in [0.3, 0.4) is 0 Å². The summed E-state index contributed by atoms with van der Waals surface area (Å²) in [7, 11) is 0. The number of carbonyl (C=O) groups is 2. The molecule has 0 aliphatic carbocycles. The fourth-order valence-corrected chi connectivity index (χ4v) is 4.45. The number of ether oxygens (including phenoxy) is 1. The van der Waals surface area contributed by atoms with Gasteiger partial charge >= 0.3 is 5.97 Å². The highest BCUT2D eigenvalue weighted by Gasteiger charge is 2.38. The Bertz CT molecular complexity index is 1090. The quantitative estimate of drug-likeness (QED) is 0.360. The number of nitrogens with zero attached hydrogens (tertiary/aromatic N) is 1. The van der Waals surface area contributed by atoms with E-state index in [1.165, 1.54) is 0 Å². The monoisotopic (exact) mass is 460 g/mol. The first-order valence-corrected chi connectivity index (χ1v) is 10.6. The molecule has 1 fully saturated rings. The lowest BCUT2D eigenvalue weighted by Crippen LogP contribution is -2.59. The zero-order valence-corrected chi connectivity index (χ0v) is 17.7. The Morgan fingerprint density at radius 2 is 1.85 bits per heavy atom. The normalized spacial score (nSPS) is 20.0. The molecule has 0 spiro atoms. The number of rotatable bonds is 8. The van der Waals surface area contributed by atoms with Gasteiger partial charge in [-0.05, 0) is 48.1 Å². The van der Waals surface area contributed by atoms with Crippen LogP contribution in [0.4, 0.5) is 13.2 Å². The lowest BCUT2D eigenvalue weighted by atomic mass is 9.83. The number of hydrogen-bond donors (Lipinski definition) is 2. The molecule has 174 valence electrons. The van der Waals surface area contributed by atoms with Crippen LogP contribution in [0.1, 0.15) is 24.0 Å². The van der Waals surface area contributed by atoms with Crippen molar-refractivity contribution in [1.82, 2.24) is 10.2 Å². The minimum Gasteiger partial charge on any atom is -0.488 e. The second-order valence-electron chi connectivity index (χ2n) is 8.20.